The second-order valence-corrected chi connectivity index (χ2v) is 13.6. The number of benzene rings is 1. The van der Waals surface area contributed by atoms with E-state index >= 15 is 0 Å². The largest absolute Gasteiger partial charge is 0.462 e. The van der Waals surface area contributed by atoms with Gasteiger partial charge in [-0.1, -0.05) is 82.9 Å². The van der Waals surface area contributed by atoms with E-state index in [1.807, 2.05) is 0 Å². The highest BCUT2D eigenvalue weighted by atomic mass is 16.5. The summed E-state index contributed by atoms with van der Waals surface area (Å²) in [7, 11) is 0. The van der Waals surface area contributed by atoms with Crippen LogP contribution in [0.5, 0.6) is 0 Å². The van der Waals surface area contributed by atoms with E-state index in [1.165, 1.54) is 102 Å². The van der Waals surface area contributed by atoms with Crippen LogP contribution < -0.4 is 0 Å². The monoisotopic (exact) mass is 610 g/mol. The summed E-state index contributed by atoms with van der Waals surface area (Å²) in [4.78, 5) is 24.4. The number of carbonyl (C=O) groups excluding carboxylic acids is 2. The van der Waals surface area contributed by atoms with Crippen LogP contribution in [0.4, 0.5) is 0 Å². The highest BCUT2D eigenvalue weighted by Crippen LogP contribution is 2.44. The summed E-state index contributed by atoms with van der Waals surface area (Å²) in [6.45, 7) is 12.4. The van der Waals surface area contributed by atoms with Crippen molar-refractivity contribution in [3.63, 3.8) is 0 Å². The van der Waals surface area contributed by atoms with E-state index in [0.717, 1.165) is 24.2 Å². The highest BCUT2D eigenvalue weighted by Gasteiger charge is 2.31. The molecule has 44 heavy (non-hydrogen) atoms. The maximum atomic E-state index is 12.2. The minimum Gasteiger partial charge on any atom is -0.462 e. The van der Waals surface area contributed by atoms with Gasteiger partial charge in [0.1, 0.15) is 0 Å². The Balaban J connectivity index is 1.46. The lowest BCUT2D eigenvalue weighted by molar-refractivity contribution is -0.145. The second kappa shape index (κ2) is 18.5. The van der Waals surface area contributed by atoms with Crippen LogP contribution in [0.1, 0.15) is 121 Å². The quantitative estimate of drug-likeness (QED) is 0.106. The minimum absolute atomic E-state index is 0.0157. The van der Waals surface area contributed by atoms with E-state index in [2.05, 4.69) is 44.3 Å². The maximum absolute atomic E-state index is 12.2. The number of carbonyl (C=O) groups is 2. The second-order valence-electron chi connectivity index (χ2n) is 13.6. The summed E-state index contributed by atoms with van der Waals surface area (Å²) in [6.07, 6.45) is 16.1. The lowest BCUT2D eigenvalue weighted by Gasteiger charge is -2.38. The first kappa shape index (κ1) is 36.0. The van der Waals surface area contributed by atoms with Gasteiger partial charge in [0.2, 0.25) is 0 Å². The maximum Gasteiger partial charge on any atom is 0.336 e. The molecule has 0 radical (unpaired) electrons. The molecule has 2 fully saturated rings. The summed E-state index contributed by atoms with van der Waals surface area (Å²) in [6, 6.07) is 8.94. The van der Waals surface area contributed by atoms with Crippen LogP contribution in [0.3, 0.4) is 0 Å². The van der Waals surface area contributed by atoms with E-state index in [9.17, 15) is 19.8 Å². The lowest BCUT2D eigenvalue weighted by Crippen LogP contribution is -2.25. The number of ether oxygens (including phenoxy) is 2. The normalized spacial score (nSPS) is 24.1. The Labute approximate surface area is 266 Å². The molecule has 0 amide bonds. The number of unbranched alkanes of at least 4 members (excludes halogenated alkanes) is 2. The average molecular weight is 611 g/mol. The van der Waals surface area contributed by atoms with Crippen LogP contribution in [-0.4, -0.2) is 47.6 Å². The Morgan fingerprint density at radius 3 is 1.77 bits per heavy atom. The number of hydrogen-bond donors (Lipinski definition) is 2. The van der Waals surface area contributed by atoms with Crippen molar-refractivity contribution in [2.45, 2.75) is 129 Å². The van der Waals surface area contributed by atoms with E-state index in [1.54, 1.807) is 0 Å². The van der Waals surface area contributed by atoms with Crippen LogP contribution >= 0.6 is 0 Å². The average Bonchev–Trinajstić information content (AvgIpc) is 3.04. The van der Waals surface area contributed by atoms with Crippen LogP contribution in [0.2, 0.25) is 0 Å². The summed E-state index contributed by atoms with van der Waals surface area (Å²) in [5.74, 6) is 1.89. The molecule has 1 aromatic carbocycles. The zero-order valence-corrected chi connectivity index (χ0v) is 27.6. The third-order valence-corrected chi connectivity index (χ3v) is 10.3. The van der Waals surface area contributed by atoms with E-state index in [-0.39, 0.29) is 30.3 Å². The predicted molar refractivity (Wildman–Crippen MR) is 176 cm³/mol. The fraction of sp³-hybridized carbons (Fsp3) is 0.684. The van der Waals surface area contributed by atoms with Gasteiger partial charge in [0.05, 0.1) is 36.6 Å². The molecule has 2 saturated carbocycles. The lowest BCUT2D eigenvalue weighted by atomic mass is 9.68. The highest BCUT2D eigenvalue weighted by molar-refractivity contribution is 5.89. The molecule has 1 aromatic rings. The third kappa shape index (κ3) is 11.5. The van der Waals surface area contributed by atoms with Crippen LogP contribution in [0, 0.1) is 23.7 Å². The molecule has 0 bridgehead atoms. The predicted octanol–water partition coefficient (Wildman–Crippen LogP) is 7.86. The molecule has 0 saturated heterocycles. The molecular weight excluding hydrogens is 552 g/mol. The Morgan fingerprint density at radius 1 is 0.795 bits per heavy atom. The van der Waals surface area contributed by atoms with Crippen LogP contribution in [0.25, 0.3) is 0 Å². The molecule has 6 nitrogen and oxygen atoms in total. The van der Waals surface area contributed by atoms with Gasteiger partial charge in [-0.25, -0.2) is 9.59 Å². The van der Waals surface area contributed by atoms with Gasteiger partial charge >= 0.3 is 11.9 Å². The van der Waals surface area contributed by atoms with Gasteiger partial charge in [0, 0.05) is 5.92 Å². The van der Waals surface area contributed by atoms with Gasteiger partial charge in [-0.05, 0) is 100 Å². The molecule has 2 aliphatic carbocycles. The topological polar surface area (TPSA) is 93.1 Å². The molecule has 2 unspecified atom stereocenters. The first-order chi connectivity index (χ1) is 21.1. The van der Waals surface area contributed by atoms with Crippen molar-refractivity contribution < 1.29 is 29.3 Å². The van der Waals surface area contributed by atoms with Crippen molar-refractivity contribution in [3.8, 4) is 0 Å². The molecule has 2 atom stereocenters. The van der Waals surface area contributed by atoms with Crippen LogP contribution in [-0.2, 0) is 25.5 Å². The first-order valence-corrected chi connectivity index (χ1v) is 17.3. The summed E-state index contributed by atoms with van der Waals surface area (Å²) in [5.41, 5.74) is 2.58. The first-order valence-electron chi connectivity index (χ1n) is 17.3. The van der Waals surface area contributed by atoms with Gasteiger partial charge < -0.3 is 19.7 Å². The van der Waals surface area contributed by atoms with Gasteiger partial charge in [-0.15, -0.1) is 0 Å². The van der Waals surface area contributed by atoms with Gasteiger partial charge in [-0.3, -0.25) is 0 Å². The molecule has 3 rings (SSSR count). The number of aliphatic hydroxyl groups is 2. The molecule has 6 heteroatoms. The molecule has 2 N–H and O–H groups in total. The van der Waals surface area contributed by atoms with Gasteiger partial charge in [-0.2, -0.15) is 0 Å². The Morgan fingerprint density at radius 2 is 1.30 bits per heavy atom. The Kier molecular flexibility index (Phi) is 15.2. The van der Waals surface area contributed by atoms with Crippen molar-refractivity contribution >= 4 is 11.9 Å². The zero-order chi connectivity index (χ0) is 32.1. The van der Waals surface area contributed by atoms with E-state index in [4.69, 9.17) is 9.47 Å². The Hall–Kier alpha value is -2.44. The fourth-order valence-corrected chi connectivity index (χ4v) is 7.01. The van der Waals surface area contributed by atoms with E-state index in [0.29, 0.717) is 12.3 Å². The smallest absolute Gasteiger partial charge is 0.336 e. The number of rotatable bonds is 17. The van der Waals surface area contributed by atoms with Crippen molar-refractivity contribution in [1.29, 1.82) is 0 Å². The third-order valence-electron chi connectivity index (χ3n) is 10.3. The van der Waals surface area contributed by atoms with E-state index < -0.39 is 24.1 Å². The van der Waals surface area contributed by atoms with Crippen molar-refractivity contribution in [2.75, 3.05) is 13.2 Å². The SMILES string of the molecule is C=C(C(=O)OCC(CCc1ccc(C2CCC(C3CCC(CCCCC)CC3)CC2)cc1)COC(=O)C(=C)C(C)O)C(C)O. The summed E-state index contributed by atoms with van der Waals surface area (Å²) in [5, 5.41) is 19.2. The molecule has 246 valence electrons. The molecule has 2 aliphatic rings. The Bertz CT molecular complexity index is 1010. The molecule has 0 spiro atoms. The summed E-state index contributed by atoms with van der Waals surface area (Å²) < 4.78 is 10.7. The molecule has 0 heterocycles. The number of aryl methyl sites for hydroxylation is 1. The molecule has 0 aliphatic heterocycles. The van der Waals surface area contributed by atoms with Crippen LogP contribution in [0.15, 0.2) is 48.6 Å². The van der Waals surface area contributed by atoms with Crippen molar-refractivity contribution in [1.82, 2.24) is 0 Å². The van der Waals surface area contributed by atoms with Gasteiger partial charge in [0.25, 0.3) is 0 Å². The van der Waals surface area contributed by atoms with Crippen molar-refractivity contribution in [3.05, 3.63) is 59.7 Å². The molecular formula is C38H58O6. The van der Waals surface area contributed by atoms with Gasteiger partial charge in [0.15, 0.2) is 0 Å². The fourth-order valence-electron chi connectivity index (χ4n) is 7.01. The molecule has 0 aromatic heterocycles. The summed E-state index contributed by atoms with van der Waals surface area (Å²) >= 11 is 0. The minimum atomic E-state index is -0.998. The standard InChI is InChI=1S/C38H58O6/c1-6-7-8-9-30-12-16-33(17-13-30)35-20-22-36(23-21-35)34-18-14-31(15-19-34)10-11-32(24-43-37(41)26(2)28(4)39)25-44-38(42)27(3)29(5)40/h14-15,18-19,28-30,32-33,35-36,39-40H,2-3,6-13,16-17,20-25H2,1,4-5H3. The number of aliphatic hydroxyl groups excluding tert-OH is 2. The number of esters is 2. The number of hydrogen-bond acceptors (Lipinski definition) is 6. The zero-order valence-electron chi connectivity index (χ0n) is 27.6. The van der Waals surface area contributed by atoms with Crippen molar-refractivity contribution in [2.24, 2.45) is 23.7 Å².